The molecule has 138 valence electrons. The number of alkyl halides is 3. The van der Waals surface area contributed by atoms with Gasteiger partial charge < -0.3 is 19.6 Å². The van der Waals surface area contributed by atoms with Crippen molar-refractivity contribution in [3.05, 3.63) is 47.5 Å². The monoisotopic (exact) mass is 376 g/mol. The molecule has 3 aromatic rings. The number of rotatable bonds is 3. The Morgan fingerprint density at radius 1 is 1.11 bits per heavy atom. The second kappa shape index (κ2) is 5.76. The number of hydrogen-bond acceptors (Lipinski definition) is 5. The first-order valence-electron chi connectivity index (χ1n) is 7.69. The van der Waals surface area contributed by atoms with Crippen molar-refractivity contribution >= 4 is 28.1 Å². The average Bonchev–Trinajstić information content (AvgIpc) is 3.09. The number of nitrogens with zero attached hydrogens (tertiary/aromatic N) is 1. The first kappa shape index (κ1) is 17.0. The minimum atomic E-state index is -4.86. The molecule has 1 aliphatic rings. The largest absolute Gasteiger partial charge is 0.573 e. The first-order chi connectivity index (χ1) is 12.8. The smallest absolute Gasteiger partial charge is 0.497 e. The molecule has 9 heteroatoms. The van der Waals surface area contributed by atoms with Crippen LogP contribution in [-0.4, -0.2) is 35.1 Å². The maximum absolute atomic E-state index is 12.8. The molecule has 0 fully saturated rings. The Labute approximate surface area is 149 Å². The number of ketones is 1. The number of ether oxygens (including phenoxy) is 2. The number of benzene rings is 2. The molecule has 0 unspecified atom stereocenters. The second-order valence-electron chi connectivity index (χ2n) is 5.78. The molecule has 2 N–H and O–H groups in total. The summed E-state index contributed by atoms with van der Waals surface area (Å²) in [5.74, 6) is -0.855. The van der Waals surface area contributed by atoms with Crippen molar-refractivity contribution in [2.24, 2.45) is 4.99 Å². The summed E-state index contributed by atoms with van der Waals surface area (Å²) in [4.78, 5) is 19.6. The molecule has 4 rings (SSSR count). The fourth-order valence-electron chi connectivity index (χ4n) is 2.98. The summed E-state index contributed by atoms with van der Waals surface area (Å²) < 4.78 is 46.5. The lowest BCUT2D eigenvalue weighted by molar-refractivity contribution is -0.274. The lowest BCUT2D eigenvalue weighted by Crippen LogP contribution is -2.17. The number of carbonyl (C=O) groups excluding carboxylic acids is 1. The number of carbonyl (C=O) groups is 1. The van der Waals surface area contributed by atoms with Gasteiger partial charge in [0.25, 0.3) is 0 Å². The molecule has 2 aromatic carbocycles. The summed E-state index contributed by atoms with van der Waals surface area (Å²) in [5.41, 5.74) is 0.929. The maximum atomic E-state index is 12.8. The van der Waals surface area contributed by atoms with Crippen molar-refractivity contribution in [2.75, 3.05) is 7.11 Å². The van der Waals surface area contributed by atoms with Gasteiger partial charge in [0.2, 0.25) is 5.78 Å². The van der Waals surface area contributed by atoms with Crippen LogP contribution < -0.4 is 9.47 Å². The van der Waals surface area contributed by atoms with E-state index in [-0.39, 0.29) is 28.1 Å². The molecule has 0 saturated heterocycles. The Morgan fingerprint density at radius 3 is 2.56 bits per heavy atom. The molecule has 2 heterocycles. The molecule has 0 amide bonds. The van der Waals surface area contributed by atoms with E-state index in [0.717, 1.165) is 12.1 Å². The van der Waals surface area contributed by atoms with E-state index >= 15 is 0 Å². The van der Waals surface area contributed by atoms with Gasteiger partial charge in [-0.15, -0.1) is 13.2 Å². The number of aromatic hydroxyl groups is 1. The molecular weight excluding hydrogens is 365 g/mol. The van der Waals surface area contributed by atoms with Crippen LogP contribution in [0.3, 0.4) is 0 Å². The van der Waals surface area contributed by atoms with Crippen LogP contribution in [0, 0.1) is 0 Å². The number of nitrogens with one attached hydrogen (secondary N) is 1. The number of aromatic nitrogens is 1. The van der Waals surface area contributed by atoms with Gasteiger partial charge >= 0.3 is 6.36 Å². The van der Waals surface area contributed by atoms with Crippen LogP contribution in [0.25, 0.3) is 10.9 Å². The Kier molecular flexibility index (Phi) is 3.62. The molecule has 6 nitrogen and oxygen atoms in total. The van der Waals surface area contributed by atoms with Gasteiger partial charge in [-0.2, -0.15) is 0 Å². The summed E-state index contributed by atoms with van der Waals surface area (Å²) in [6, 6.07) is 8.24. The van der Waals surface area contributed by atoms with Gasteiger partial charge in [0, 0.05) is 10.9 Å². The highest BCUT2D eigenvalue weighted by Crippen LogP contribution is 2.38. The maximum Gasteiger partial charge on any atom is 0.573 e. The zero-order valence-corrected chi connectivity index (χ0v) is 13.7. The third-order valence-electron chi connectivity index (χ3n) is 4.12. The number of Topliss-reactive ketones (excluding diaryl/α,β-unsaturated/α-hetero) is 1. The Hall–Kier alpha value is -3.49. The van der Waals surface area contributed by atoms with Gasteiger partial charge in [-0.25, -0.2) is 4.99 Å². The van der Waals surface area contributed by atoms with E-state index in [9.17, 15) is 23.1 Å². The van der Waals surface area contributed by atoms with Gasteiger partial charge in [-0.05, 0) is 36.4 Å². The molecule has 0 spiro atoms. The Morgan fingerprint density at radius 2 is 1.85 bits per heavy atom. The highest BCUT2D eigenvalue weighted by molar-refractivity contribution is 6.56. The minimum absolute atomic E-state index is 0.0118. The molecule has 1 aromatic heterocycles. The van der Waals surface area contributed by atoms with Crippen LogP contribution in [0.5, 0.6) is 17.4 Å². The number of aromatic amines is 1. The Balaban J connectivity index is 1.83. The van der Waals surface area contributed by atoms with E-state index < -0.39 is 17.9 Å². The molecule has 27 heavy (non-hydrogen) atoms. The third-order valence-corrected chi connectivity index (χ3v) is 4.12. The van der Waals surface area contributed by atoms with Crippen LogP contribution in [0.1, 0.15) is 15.9 Å². The molecule has 0 radical (unpaired) electrons. The number of H-pyrrole nitrogens is 1. The SMILES string of the molecule is COc1ccc2c(c1)C(=O)C(c1c(O)[nH]c3ccc(OC(F)(F)F)cc13)=N2. The van der Waals surface area contributed by atoms with E-state index in [0.29, 0.717) is 17.0 Å². The normalized spacial score (nSPS) is 13.6. The van der Waals surface area contributed by atoms with Gasteiger partial charge in [-0.3, -0.25) is 4.79 Å². The summed E-state index contributed by atoms with van der Waals surface area (Å²) in [6.45, 7) is 0. The van der Waals surface area contributed by atoms with Crippen molar-refractivity contribution < 1.29 is 32.5 Å². The number of aliphatic imine (C=N–C) groups is 1. The summed E-state index contributed by atoms with van der Waals surface area (Å²) in [6.07, 6.45) is -4.86. The third kappa shape index (κ3) is 2.86. The highest BCUT2D eigenvalue weighted by atomic mass is 19.4. The summed E-state index contributed by atoms with van der Waals surface area (Å²) in [7, 11) is 1.45. The molecule has 0 atom stereocenters. The number of hydrogen-bond donors (Lipinski definition) is 2. The van der Waals surface area contributed by atoms with Crippen LogP contribution in [0.2, 0.25) is 0 Å². The van der Waals surface area contributed by atoms with Crippen molar-refractivity contribution in [2.45, 2.75) is 6.36 Å². The summed E-state index contributed by atoms with van der Waals surface area (Å²) >= 11 is 0. The predicted molar refractivity (Wildman–Crippen MR) is 90.2 cm³/mol. The zero-order chi connectivity index (χ0) is 19.3. The molecule has 0 aliphatic carbocycles. The predicted octanol–water partition coefficient (Wildman–Crippen LogP) is 4.10. The van der Waals surface area contributed by atoms with Crippen molar-refractivity contribution in [1.82, 2.24) is 4.98 Å². The van der Waals surface area contributed by atoms with E-state index in [2.05, 4.69) is 14.7 Å². The van der Waals surface area contributed by atoms with Gasteiger partial charge in [0.15, 0.2) is 5.88 Å². The van der Waals surface area contributed by atoms with E-state index in [1.807, 2.05) is 0 Å². The van der Waals surface area contributed by atoms with Crippen LogP contribution in [-0.2, 0) is 0 Å². The fraction of sp³-hybridized carbons (Fsp3) is 0.111. The number of fused-ring (bicyclic) bond motifs is 2. The Bertz CT molecular complexity index is 1120. The van der Waals surface area contributed by atoms with Crippen LogP contribution >= 0.6 is 0 Å². The highest BCUT2D eigenvalue weighted by Gasteiger charge is 2.33. The minimum Gasteiger partial charge on any atom is -0.497 e. The first-order valence-corrected chi connectivity index (χ1v) is 7.69. The fourth-order valence-corrected chi connectivity index (χ4v) is 2.98. The topological polar surface area (TPSA) is 83.9 Å². The molecule has 1 aliphatic heterocycles. The molecular formula is C18H11F3N2O4. The second-order valence-corrected chi connectivity index (χ2v) is 5.78. The molecule has 0 bridgehead atoms. The van der Waals surface area contributed by atoms with Gasteiger partial charge in [0.05, 0.1) is 23.9 Å². The number of methoxy groups -OCH3 is 1. The molecule has 0 saturated carbocycles. The lowest BCUT2D eigenvalue weighted by Gasteiger charge is -2.08. The van der Waals surface area contributed by atoms with E-state index in [1.54, 1.807) is 12.1 Å². The van der Waals surface area contributed by atoms with E-state index in [4.69, 9.17) is 4.74 Å². The lowest BCUT2D eigenvalue weighted by atomic mass is 10.0. The van der Waals surface area contributed by atoms with Crippen molar-refractivity contribution in [1.29, 1.82) is 0 Å². The van der Waals surface area contributed by atoms with Crippen molar-refractivity contribution in [3.8, 4) is 17.4 Å². The quantitative estimate of drug-likeness (QED) is 0.721. The standard InChI is InChI=1S/C18H11F3N2O4/c1-26-8-2-4-13-11(6-8)16(24)15(22-13)14-10-7-9(27-18(19,20)21)3-5-12(10)23-17(14)25/h2-7,23,25H,1H3. The summed E-state index contributed by atoms with van der Waals surface area (Å²) in [5, 5.41) is 10.4. The zero-order valence-electron chi connectivity index (χ0n) is 13.7. The number of halogens is 3. The van der Waals surface area contributed by atoms with E-state index in [1.165, 1.54) is 19.2 Å². The van der Waals surface area contributed by atoms with Crippen molar-refractivity contribution in [3.63, 3.8) is 0 Å². The van der Waals surface area contributed by atoms with Gasteiger partial charge in [0.1, 0.15) is 17.2 Å². The van der Waals surface area contributed by atoms with Crippen LogP contribution in [0.15, 0.2) is 41.4 Å². The van der Waals surface area contributed by atoms with Gasteiger partial charge in [-0.1, -0.05) is 0 Å². The van der Waals surface area contributed by atoms with Crippen LogP contribution in [0.4, 0.5) is 18.9 Å². The average molecular weight is 376 g/mol.